The van der Waals surface area contributed by atoms with Crippen molar-refractivity contribution < 1.29 is 13.5 Å². The van der Waals surface area contributed by atoms with E-state index < -0.39 is 10.0 Å². The molecule has 0 amide bonds. The van der Waals surface area contributed by atoms with Gasteiger partial charge in [0.05, 0.1) is 6.26 Å². The predicted molar refractivity (Wildman–Crippen MR) is 88.3 cm³/mol. The molecule has 0 heterocycles. The van der Waals surface area contributed by atoms with Crippen LogP contribution in [0.4, 0.5) is 5.69 Å². The van der Waals surface area contributed by atoms with Gasteiger partial charge in [-0.25, -0.2) is 8.42 Å². The maximum absolute atomic E-state index is 11.2. The second-order valence-electron chi connectivity index (χ2n) is 5.27. The fraction of sp³-hybridized carbons (Fsp3) is 0.250. The van der Waals surface area contributed by atoms with Crippen molar-refractivity contribution in [3.8, 4) is 5.75 Å². The molecule has 0 radical (unpaired) electrons. The van der Waals surface area contributed by atoms with E-state index in [4.69, 9.17) is 0 Å². The number of rotatable bonds is 6. The first-order chi connectivity index (χ1) is 10.3. The van der Waals surface area contributed by atoms with Crippen LogP contribution in [0.2, 0.25) is 0 Å². The van der Waals surface area contributed by atoms with E-state index in [9.17, 15) is 13.5 Å². The minimum atomic E-state index is -3.25. The molecule has 5 nitrogen and oxygen atoms in total. The third-order valence-corrected chi connectivity index (χ3v) is 3.84. The summed E-state index contributed by atoms with van der Waals surface area (Å²) in [6.45, 7) is 2.67. The molecule has 0 aliphatic rings. The SMILES string of the molecule is C[C@@H](NCc1cccc(O)c1)c1ccc(NS(C)(=O)=O)cc1. The molecule has 0 spiro atoms. The highest BCUT2D eigenvalue weighted by molar-refractivity contribution is 7.92. The average Bonchev–Trinajstić information content (AvgIpc) is 2.44. The van der Waals surface area contributed by atoms with E-state index in [1.807, 2.05) is 31.2 Å². The summed E-state index contributed by atoms with van der Waals surface area (Å²) in [7, 11) is -3.25. The molecule has 6 heteroatoms. The molecular formula is C16H20N2O3S. The number of hydrogen-bond donors (Lipinski definition) is 3. The summed E-state index contributed by atoms with van der Waals surface area (Å²) in [6.07, 6.45) is 1.13. The highest BCUT2D eigenvalue weighted by Gasteiger charge is 2.06. The molecule has 22 heavy (non-hydrogen) atoms. The van der Waals surface area contributed by atoms with E-state index >= 15 is 0 Å². The van der Waals surface area contributed by atoms with Gasteiger partial charge in [-0.15, -0.1) is 0 Å². The molecule has 0 aromatic heterocycles. The summed E-state index contributed by atoms with van der Waals surface area (Å²) in [5, 5.41) is 12.8. The van der Waals surface area contributed by atoms with Crippen LogP contribution in [0.5, 0.6) is 5.75 Å². The fourth-order valence-electron chi connectivity index (χ4n) is 2.11. The smallest absolute Gasteiger partial charge is 0.229 e. The average molecular weight is 320 g/mol. The highest BCUT2D eigenvalue weighted by Crippen LogP contribution is 2.18. The van der Waals surface area contributed by atoms with Gasteiger partial charge >= 0.3 is 0 Å². The van der Waals surface area contributed by atoms with E-state index in [0.29, 0.717) is 12.2 Å². The van der Waals surface area contributed by atoms with E-state index in [0.717, 1.165) is 17.4 Å². The first-order valence-electron chi connectivity index (χ1n) is 6.92. The second kappa shape index (κ2) is 6.81. The first-order valence-corrected chi connectivity index (χ1v) is 8.82. The van der Waals surface area contributed by atoms with Crippen LogP contribution in [0.3, 0.4) is 0 Å². The van der Waals surface area contributed by atoms with Gasteiger partial charge in [0.15, 0.2) is 0 Å². The number of phenolic OH excluding ortho intramolecular Hbond substituents is 1. The number of sulfonamides is 1. The van der Waals surface area contributed by atoms with Gasteiger partial charge in [0.25, 0.3) is 0 Å². The number of benzene rings is 2. The van der Waals surface area contributed by atoms with E-state index in [2.05, 4.69) is 10.0 Å². The summed E-state index contributed by atoms with van der Waals surface area (Å²) in [6, 6.07) is 14.5. The lowest BCUT2D eigenvalue weighted by Crippen LogP contribution is -2.18. The van der Waals surface area contributed by atoms with Gasteiger partial charge in [0, 0.05) is 18.3 Å². The summed E-state index contributed by atoms with van der Waals surface area (Å²) in [5.74, 6) is 0.253. The molecule has 2 rings (SSSR count). The second-order valence-corrected chi connectivity index (χ2v) is 7.02. The number of aromatic hydroxyl groups is 1. The van der Waals surface area contributed by atoms with Crippen molar-refractivity contribution in [1.82, 2.24) is 5.32 Å². The Morgan fingerprint density at radius 3 is 2.41 bits per heavy atom. The summed E-state index contributed by atoms with van der Waals surface area (Å²) < 4.78 is 24.8. The summed E-state index contributed by atoms with van der Waals surface area (Å²) >= 11 is 0. The van der Waals surface area contributed by atoms with Gasteiger partial charge in [0.2, 0.25) is 10.0 Å². The Hall–Kier alpha value is -2.05. The molecule has 0 bridgehead atoms. The van der Waals surface area contributed by atoms with E-state index in [1.165, 1.54) is 0 Å². The van der Waals surface area contributed by atoms with Crippen LogP contribution in [0.25, 0.3) is 0 Å². The molecular weight excluding hydrogens is 300 g/mol. The van der Waals surface area contributed by atoms with Crippen molar-refractivity contribution in [3.63, 3.8) is 0 Å². The standard InChI is InChI=1S/C16H20N2O3S/c1-12(17-11-13-4-3-5-16(19)10-13)14-6-8-15(9-7-14)18-22(2,20)21/h3-10,12,17-19H,11H2,1-2H3/t12-/m1/s1. The monoisotopic (exact) mass is 320 g/mol. The Bertz CT molecular complexity index is 727. The molecule has 2 aromatic carbocycles. The van der Waals surface area contributed by atoms with Crippen molar-refractivity contribution in [2.24, 2.45) is 0 Å². The zero-order chi connectivity index (χ0) is 16.2. The van der Waals surface area contributed by atoms with Gasteiger partial charge in [-0.3, -0.25) is 4.72 Å². The Morgan fingerprint density at radius 1 is 1.14 bits per heavy atom. The fourth-order valence-corrected chi connectivity index (χ4v) is 2.67. The molecule has 0 unspecified atom stereocenters. The van der Waals surface area contributed by atoms with Crippen molar-refractivity contribution >= 4 is 15.7 Å². The molecule has 3 N–H and O–H groups in total. The summed E-state index contributed by atoms with van der Waals surface area (Å²) in [4.78, 5) is 0. The molecule has 0 aliphatic heterocycles. The van der Waals surface area contributed by atoms with E-state index in [1.54, 1.807) is 24.3 Å². The van der Waals surface area contributed by atoms with Crippen molar-refractivity contribution in [2.75, 3.05) is 11.0 Å². The van der Waals surface area contributed by atoms with Crippen LogP contribution in [0.15, 0.2) is 48.5 Å². The summed E-state index contributed by atoms with van der Waals surface area (Å²) in [5.41, 5.74) is 2.60. The van der Waals surface area contributed by atoms with Crippen LogP contribution in [0.1, 0.15) is 24.1 Å². The van der Waals surface area contributed by atoms with Crippen LogP contribution in [0, 0.1) is 0 Å². The number of nitrogens with one attached hydrogen (secondary N) is 2. The van der Waals surface area contributed by atoms with Gasteiger partial charge in [0.1, 0.15) is 5.75 Å². The van der Waals surface area contributed by atoms with Crippen LogP contribution in [-0.4, -0.2) is 19.8 Å². The first kappa shape index (κ1) is 16.3. The van der Waals surface area contributed by atoms with Gasteiger partial charge in [-0.2, -0.15) is 0 Å². The maximum Gasteiger partial charge on any atom is 0.229 e. The zero-order valence-corrected chi connectivity index (χ0v) is 13.4. The number of anilines is 1. The minimum absolute atomic E-state index is 0.106. The molecule has 0 saturated carbocycles. The van der Waals surface area contributed by atoms with Crippen molar-refractivity contribution in [2.45, 2.75) is 19.5 Å². The molecule has 0 saturated heterocycles. The number of phenols is 1. The van der Waals surface area contributed by atoms with Crippen molar-refractivity contribution in [1.29, 1.82) is 0 Å². The Morgan fingerprint density at radius 2 is 1.82 bits per heavy atom. The Labute approximate surface area is 131 Å². The minimum Gasteiger partial charge on any atom is -0.508 e. The molecule has 118 valence electrons. The molecule has 2 aromatic rings. The Kier molecular flexibility index (Phi) is 5.05. The molecule has 1 atom stereocenters. The lowest BCUT2D eigenvalue weighted by molar-refractivity contribution is 0.473. The topological polar surface area (TPSA) is 78.4 Å². The Balaban J connectivity index is 1.96. The largest absolute Gasteiger partial charge is 0.508 e. The van der Waals surface area contributed by atoms with Crippen LogP contribution >= 0.6 is 0 Å². The zero-order valence-electron chi connectivity index (χ0n) is 12.6. The van der Waals surface area contributed by atoms with Crippen LogP contribution < -0.4 is 10.0 Å². The lowest BCUT2D eigenvalue weighted by atomic mass is 10.1. The van der Waals surface area contributed by atoms with Gasteiger partial charge in [-0.1, -0.05) is 24.3 Å². The predicted octanol–water partition coefficient (Wildman–Crippen LogP) is 2.61. The van der Waals surface area contributed by atoms with E-state index in [-0.39, 0.29) is 11.8 Å². The van der Waals surface area contributed by atoms with Gasteiger partial charge in [-0.05, 0) is 42.3 Å². The van der Waals surface area contributed by atoms with Crippen LogP contribution in [-0.2, 0) is 16.6 Å². The van der Waals surface area contributed by atoms with Crippen molar-refractivity contribution in [3.05, 3.63) is 59.7 Å². The normalized spacial score (nSPS) is 12.8. The van der Waals surface area contributed by atoms with Gasteiger partial charge < -0.3 is 10.4 Å². The molecule has 0 fully saturated rings. The number of hydrogen-bond acceptors (Lipinski definition) is 4. The maximum atomic E-state index is 11.2. The lowest BCUT2D eigenvalue weighted by Gasteiger charge is -2.15. The highest BCUT2D eigenvalue weighted by atomic mass is 32.2. The molecule has 0 aliphatic carbocycles. The quantitative estimate of drug-likeness (QED) is 0.764. The third kappa shape index (κ3) is 5.05. The third-order valence-electron chi connectivity index (χ3n) is 3.24.